The quantitative estimate of drug-likeness (QED) is 0.246. The van der Waals surface area contributed by atoms with Gasteiger partial charge in [0, 0.05) is 40.2 Å². The van der Waals surface area contributed by atoms with Crippen molar-refractivity contribution in [2.75, 3.05) is 11.1 Å². The number of carbonyl (C=O) groups is 1. The lowest BCUT2D eigenvalue weighted by Crippen LogP contribution is -2.14. The molecule has 0 unspecified atom stereocenters. The van der Waals surface area contributed by atoms with Gasteiger partial charge in [0.15, 0.2) is 0 Å². The summed E-state index contributed by atoms with van der Waals surface area (Å²) in [7, 11) is 0. The van der Waals surface area contributed by atoms with Gasteiger partial charge in [-0.25, -0.2) is 0 Å². The van der Waals surface area contributed by atoms with Crippen LogP contribution in [0.25, 0.3) is 11.1 Å². The number of rotatable bonds is 8. The maximum absolute atomic E-state index is 13.2. The summed E-state index contributed by atoms with van der Waals surface area (Å²) in [5.74, 6) is 1.08. The van der Waals surface area contributed by atoms with Crippen LogP contribution in [-0.2, 0) is 17.4 Å². The summed E-state index contributed by atoms with van der Waals surface area (Å²) in [4.78, 5) is 17.9. The van der Waals surface area contributed by atoms with Gasteiger partial charge in [-0.05, 0) is 59.8 Å². The summed E-state index contributed by atoms with van der Waals surface area (Å²) in [6.45, 7) is 2.08. The van der Waals surface area contributed by atoms with E-state index in [1.165, 1.54) is 12.1 Å². The first-order valence-electron chi connectivity index (χ1n) is 11.2. The third kappa shape index (κ3) is 6.66. The Bertz CT molecular complexity index is 1330. The van der Waals surface area contributed by atoms with E-state index in [4.69, 9.17) is 4.74 Å². The van der Waals surface area contributed by atoms with E-state index in [1.807, 2.05) is 30.3 Å². The summed E-state index contributed by atoms with van der Waals surface area (Å²) in [5, 5.41) is 2.85. The summed E-state index contributed by atoms with van der Waals surface area (Å²) in [5.41, 5.74) is 1.88. The number of halogens is 3. The highest BCUT2D eigenvalue weighted by molar-refractivity contribution is 7.99. The van der Waals surface area contributed by atoms with Crippen LogP contribution >= 0.6 is 11.8 Å². The molecule has 1 amide bonds. The topological polar surface area (TPSA) is 51.2 Å². The largest absolute Gasteiger partial charge is 0.457 e. The fraction of sp³-hybridized carbons (Fsp3) is 0.143. The standard InChI is InChI=1S/C28H23F3N2O2S/c1-2-36-24-11-8-19(9-12-24)15-27(34)33-22-10-13-25(20-5-4-14-32-18-20)26(17-22)35-23-7-3-6-21(16-23)28(29,30)31/h3-14,16-18H,2,15H2,1H3,(H,33,34). The third-order valence-corrected chi connectivity index (χ3v) is 6.12. The molecule has 184 valence electrons. The van der Waals surface area contributed by atoms with Gasteiger partial charge >= 0.3 is 6.18 Å². The first kappa shape index (κ1) is 25.3. The summed E-state index contributed by atoms with van der Waals surface area (Å²) in [6.07, 6.45) is -1.05. The molecule has 1 aromatic heterocycles. The maximum atomic E-state index is 13.2. The maximum Gasteiger partial charge on any atom is 0.416 e. The third-order valence-electron chi connectivity index (χ3n) is 5.23. The Hall–Kier alpha value is -3.78. The second kappa shape index (κ2) is 11.3. The van der Waals surface area contributed by atoms with Gasteiger partial charge in [0.1, 0.15) is 11.5 Å². The fourth-order valence-corrected chi connectivity index (χ4v) is 4.23. The average molecular weight is 509 g/mol. The van der Waals surface area contributed by atoms with E-state index >= 15 is 0 Å². The van der Waals surface area contributed by atoms with Crippen molar-refractivity contribution in [2.45, 2.75) is 24.4 Å². The molecular weight excluding hydrogens is 485 g/mol. The highest BCUT2D eigenvalue weighted by atomic mass is 32.2. The number of carbonyl (C=O) groups excluding carboxylic acids is 1. The minimum absolute atomic E-state index is 0.0310. The smallest absolute Gasteiger partial charge is 0.416 e. The van der Waals surface area contributed by atoms with Crippen LogP contribution in [0.15, 0.2) is 96.2 Å². The number of aromatic nitrogens is 1. The SMILES string of the molecule is CCSc1ccc(CC(=O)Nc2ccc(-c3cccnc3)c(Oc3cccc(C(F)(F)F)c3)c2)cc1. The van der Waals surface area contributed by atoms with E-state index < -0.39 is 11.7 Å². The second-order valence-electron chi connectivity index (χ2n) is 7.88. The Morgan fingerprint density at radius 2 is 1.81 bits per heavy atom. The molecule has 1 N–H and O–H groups in total. The number of anilines is 1. The van der Waals surface area contributed by atoms with Gasteiger partial charge < -0.3 is 10.1 Å². The molecule has 3 aromatic carbocycles. The van der Waals surface area contributed by atoms with Gasteiger partial charge in [0.05, 0.1) is 12.0 Å². The van der Waals surface area contributed by atoms with Crippen molar-refractivity contribution in [3.63, 3.8) is 0 Å². The predicted molar refractivity (Wildman–Crippen MR) is 136 cm³/mol. The Labute approximate surface area is 211 Å². The first-order chi connectivity index (χ1) is 17.3. The zero-order chi connectivity index (χ0) is 25.5. The monoisotopic (exact) mass is 508 g/mol. The van der Waals surface area contributed by atoms with Gasteiger partial charge in [-0.2, -0.15) is 13.2 Å². The molecule has 0 saturated heterocycles. The van der Waals surface area contributed by atoms with E-state index in [0.717, 1.165) is 33.9 Å². The number of alkyl halides is 3. The van der Waals surface area contributed by atoms with Crippen LogP contribution in [0, 0.1) is 0 Å². The van der Waals surface area contributed by atoms with Crippen LogP contribution in [0.1, 0.15) is 18.1 Å². The van der Waals surface area contributed by atoms with Gasteiger partial charge in [-0.1, -0.05) is 31.2 Å². The molecule has 36 heavy (non-hydrogen) atoms. The number of hydrogen-bond donors (Lipinski definition) is 1. The van der Waals surface area contributed by atoms with E-state index in [0.29, 0.717) is 17.0 Å². The van der Waals surface area contributed by atoms with Crippen LogP contribution in [0.5, 0.6) is 11.5 Å². The van der Waals surface area contributed by atoms with Gasteiger partial charge in [-0.3, -0.25) is 9.78 Å². The summed E-state index contributed by atoms with van der Waals surface area (Å²) >= 11 is 1.73. The molecule has 1 heterocycles. The summed E-state index contributed by atoms with van der Waals surface area (Å²) in [6, 6.07) is 21.1. The predicted octanol–water partition coefficient (Wildman–Crippen LogP) is 7.85. The number of hydrogen-bond acceptors (Lipinski definition) is 4. The highest BCUT2D eigenvalue weighted by Gasteiger charge is 2.30. The van der Waals surface area contributed by atoms with Crippen molar-refractivity contribution in [1.29, 1.82) is 0 Å². The lowest BCUT2D eigenvalue weighted by molar-refractivity contribution is -0.137. The van der Waals surface area contributed by atoms with Crippen LogP contribution in [-0.4, -0.2) is 16.6 Å². The molecule has 4 aromatic rings. The van der Waals surface area contributed by atoms with Crippen molar-refractivity contribution in [3.8, 4) is 22.6 Å². The zero-order valence-electron chi connectivity index (χ0n) is 19.4. The zero-order valence-corrected chi connectivity index (χ0v) is 20.2. The van der Waals surface area contributed by atoms with E-state index in [-0.39, 0.29) is 18.1 Å². The van der Waals surface area contributed by atoms with Crippen LogP contribution in [0.4, 0.5) is 18.9 Å². The number of nitrogens with one attached hydrogen (secondary N) is 1. The van der Waals surface area contributed by atoms with E-state index in [2.05, 4.69) is 17.2 Å². The molecule has 0 spiro atoms. The van der Waals surface area contributed by atoms with Gasteiger partial charge in [0.2, 0.25) is 5.91 Å². The van der Waals surface area contributed by atoms with E-state index in [1.54, 1.807) is 48.4 Å². The minimum atomic E-state index is -4.49. The molecule has 0 bridgehead atoms. The van der Waals surface area contributed by atoms with Crippen LogP contribution < -0.4 is 10.1 Å². The lowest BCUT2D eigenvalue weighted by Gasteiger charge is -2.15. The Kier molecular flexibility index (Phi) is 7.95. The molecule has 0 atom stereocenters. The number of thioether (sulfide) groups is 1. The van der Waals surface area contributed by atoms with Gasteiger partial charge in [0.25, 0.3) is 0 Å². The molecule has 4 nitrogen and oxygen atoms in total. The molecule has 8 heteroatoms. The number of ether oxygens (including phenoxy) is 1. The van der Waals surface area contributed by atoms with Crippen LogP contribution in [0.3, 0.4) is 0 Å². The molecule has 4 rings (SSSR count). The Morgan fingerprint density at radius 1 is 1.00 bits per heavy atom. The first-order valence-corrected chi connectivity index (χ1v) is 12.2. The second-order valence-corrected chi connectivity index (χ2v) is 9.22. The number of nitrogens with zero attached hydrogens (tertiary/aromatic N) is 1. The van der Waals surface area contributed by atoms with Crippen molar-refractivity contribution >= 4 is 23.4 Å². The molecule has 0 aliphatic carbocycles. The molecule has 0 fully saturated rings. The average Bonchev–Trinajstić information content (AvgIpc) is 2.86. The number of pyridine rings is 1. The lowest BCUT2D eigenvalue weighted by atomic mass is 10.1. The molecular formula is C28H23F3N2O2S. The highest BCUT2D eigenvalue weighted by Crippen LogP contribution is 2.37. The molecule has 0 aliphatic heterocycles. The number of benzene rings is 3. The summed E-state index contributed by atoms with van der Waals surface area (Å²) < 4.78 is 45.5. The van der Waals surface area contributed by atoms with E-state index in [9.17, 15) is 18.0 Å². The van der Waals surface area contributed by atoms with Crippen molar-refractivity contribution in [2.24, 2.45) is 0 Å². The van der Waals surface area contributed by atoms with Crippen molar-refractivity contribution < 1.29 is 22.7 Å². The van der Waals surface area contributed by atoms with Crippen molar-refractivity contribution in [1.82, 2.24) is 4.98 Å². The Balaban J connectivity index is 1.58. The fourth-order valence-electron chi connectivity index (χ4n) is 3.57. The molecule has 0 saturated carbocycles. The minimum Gasteiger partial charge on any atom is -0.457 e. The molecule has 0 radical (unpaired) electrons. The molecule has 0 aliphatic rings. The van der Waals surface area contributed by atoms with Gasteiger partial charge in [-0.15, -0.1) is 11.8 Å². The van der Waals surface area contributed by atoms with Crippen LogP contribution in [0.2, 0.25) is 0 Å². The Morgan fingerprint density at radius 3 is 2.50 bits per heavy atom. The number of amides is 1. The van der Waals surface area contributed by atoms with Crippen molar-refractivity contribution in [3.05, 3.63) is 102 Å². The normalized spacial score (nSPS) is 11.2.